The Morgan fingerprint density at radius 3 is 2.92 bits per heavy atom. The molecule has 1 amide bonds. The summed E-state index contributed by atoms with van der Waals surface area (Å²) in [6.07, 6.45) is 0. The Morgan fingerprint density at radius 1 is 1.50 bits per heavy atom. The third-order valence-electron chi connectivity index (χ3n) is 4.22. The van der Waals surface area contributed by atoms with E-state index in [1.54, 1.807) is 30.0 Å². The van der Waals surface area contributed by atoms with Crippen LogP contribution in [0.5, 0.6) is 5.75 Å². The molecule has 0 saturated carbocycles. The Morgan fingerprint density at radius 2 is 2.29 bits per heavy atom. The van der Waals surface area contributed by atoms with Gasteiger partial charge in [0.05, 0.1) is 18.6 Å². The number of nitrogens with zero attached hydrogens (tertiary/aromatic N) is 3. The molecule has 1 saturated heterocycles. The van der Waals surface area contributed by atoms with Crippen molar-refractivity contribution in [3.8, 4) is 5.75 Å². The van der Waals surface area contributed by atoms with E-state index < -0.39 is 0 Å². The highest BCUT2D eigenvalue weighted by molar-refractivity contribution is 6.30. The Bertz CT molecular complexity index is 749. The minimum absolute atomic E-state index is 0.0619. The molecule has 2 aromatic rings. The molecule has 1 aromatic carbocycles. The smallest absolute Gasteiger partial charge is 0.257 e. The van der Waals surface area contributed by atoms with Crippen molar-refractivity contribution in [2.75, 3.05) is 26.8 Å². The van der Waals surface area contributed by atoms with Crippen LogP contribution < -0.4 is 4.74 Å². The monoisotopic (exact) mass is 351 g/mol. The van der Waals surface area contributed by atoms with Crippen molar-refractivity contribution in [3.05, 3.63) is 40.5 Å². The molecule has 2 atom stereocenters. The molecule has 3 rings (SSSR count). The molecule has 0 aliphatic carbocycles. The number of rotatable bonds is 4. The van der Waals surface area contributed by atoms with E-state index in [0.29, 0.717) is 41.1 Å². The number of aromatic nitrogens is 2. The van der Waals surface area contributed by atoms with Gasteiger partial charge in [0.25, 0.3) is 5.91 Å². The van der Waals surface area contributed by atoms with Crippen LogP contribution in [0.3, 0.4) is 0 Å². The molecule has 0 unspecified atom stereocenters. The lowest BCUT2D eigenvalue weighted by Gasteiger charge is -2.18. The first kappa shape index (κ1) is 16.7. The summed E-state index contributed by atoms with van der Waals surface area (Å²) in [7, 11) is 1.49. The van der Waals surface area contributed by atoms with Gasteiger partial charge in [-0.05, 0) is 25.1 Å². The second kappa shape index (κ2) is 6.78. The van der Waals surface area contributed by atoms with Crippen LogP contribution in [0.15, 0.2) is 22.7 Å². The van der Waals surface area contributed by atoms with E-state index in [4.69, 9.17) is 20.9 Å². The molecule has 2 heterocycles. The first-order chi connectivity index (χ1) is 11.5. The second-order valence-corrected chi connectivity index (χ2v) is 6.22. The molecule has 24 heavy (non-hydrogen) atoms. The van der Waals surface area contributed by atoms with Crippen LogP contribution in [-0.2, 0) is 0 Å². The summed E-state index contributed by atoms with van der Waals surface area (Å²) in [5.41, 5.74) is 0.431. The lowest BCUT2D eigenvalue weighted by atomic mass is 9.97. The fourth-order valence-corrected chi connectivity index (χ4v) is 3.14. The summed E-state index contributed by atoms with van der Waals surface area (Å²) in [4.78, 5) is 18.7. The molecule has 8 heteroatoms. The van der Waals surface area contributed by atoms with E-state index in [2.05, 4.69) is 10.1 Å². The van der Waals surface area contributed by atoms with Crippen molar-refractivity contribution in [1.29, 1.82) is 0 Å². The van der Waals surface area contributed by atoms with Gasteiger partial charge in [-0.25, -0.2) is 0 Å². The second-order valence-electron chi connectivity index (χ2n) is 5.78. The molecule has 1 aromatic heterocycles. The first-order valence-corrected chi connectivity index (χ1v) is 7.95. The molecule has 1 aliphatic rings. The minimum atomic E-state index is -0.182. The molecule has 1 fully saturated rings. The van der Waals surface area contributed by atoms with Crippen LogP contribution in [0.4, 0.5) is 0 Å². The first-order valence-electron chi connectivity index (χ1n) is 7.57. The number of amides is 1. The predicted octanol–water partition coefficient (Wildman–Crippen LogP) is 1.89. The van der Waals surface area contributed by atoms with Gasteiger partial charge >= 0.3 is 0 Å². The maximum Gasteiger partial charge on any atom is 0.257 e. The predicted molar refractivity (Wildman–Crippen MR) is 86.3 cm³/mol. The van der Waals surface area contributed by atoms with E-state index in [1.165, 1.54) is 7.11 Å². The quantitative estimate of drug-likeness (QED) is 0.904. The Hall–Kier alpha value is -2.12. The minimum Gasteiger partial charge on any atom is -0.496 e. The standard InChI is InChI=1S/C16H18ClN3O4/c1-9-18-15(24-19-9)13-7-20(6-10(13)8-21)16(22)12-4-3-11(17)5-14(12)23-2/h3-5,10,13,21H,6-8H2,1-2H3/t10-,13+/m0/s1. The van der Waals surface area contributed by atoms with Crippen LogP contribution in [0.2, 0.25) is 5.02 Å². The Labute approximate surface area is 144 Å². The summed E-state index contributed by atoms with van der Waals surface area (Å²) in [5, 5.41) is 13.9. The van der Waals surface area contributed by atoms with Crippen LogP contribution >= 0.6 is 11.6 Å². The van der Waals surface area contributed by atoms with Crippen molar-refractivity contribution < 1.29 is 19.2 Å². The van der Waals surface area contributed by atoms with Gasteiger partial charge in [0.1, 0.15) is 5.75 Å². The SMILES string of the molecule is COc1cc(Cl)ccc1C(=O)N1C[C@@H](CO)[C@H](c2nc(C)no2)C1. The van der Waals surface area contributed by atoms with Crippen LogP contribution in [0.1, 0.15) is 28.0 Å². The number of aryl methyl sites for hydroxylation is 1. The maximum atomic E-state index is 12.8. The number of carbonyl (C=O) groups excluding carboxylic acids is 1. The highest BCUT2D eigenvalue weighted by Gasteiger charge is 2.39. The number of benzene rings is 1. The van der Waals surface area contributed by atoms with Crippen molar-refractivity contribution >= 4 is 17.5 Å². The number of carbonyl (C=O) groups is 1. The molecular weight excluding hydrogens is 334 g/mol. The van der Waals surface area contributed by atoms with Crippen molar-refractivity contribution in [2.45, 2.75) is 12.8 Å². The van der Waals surface area contributed by atoms with Crippen LogP contribution in [0.25, 0.3) is 0 Å². The highest BCUT2D eigenvalue weighted by Crippen LogP contribution is 2.34. The Balaban J connectivity index is 1.84. The third kappa shape index (κ3) is 3.09. The molecule has 1 aliphatic heterocycles. The van der Waals surface area contributed by atoms with Gasteiger partial charge in [0.2, 0.25) is 5.89 Å². The summed E-state index contributed by atoms with van der Waals surface area (Å²) in [5.74, 6) is 0.895. The Kier molecular flexibility index (Phi) is 4.73. The van der Waals surface area contributed by atoms with Gasteiger partial charge in [0, 0.05) is 30.6 Å². The fraction of sp³-hybridized carbons (Fsp3) is 0.438. The van der Waals surface area contributed by atoms with Gasteiger partial charge in [-0.3, -0.25) is 4.79 Å². The molecule has 128 valence electrons. The molecule has 1 N–H and O–H groups in total. The molecule has 0 bridgehead atoms. The van der Waals surface area contributed by atoms with Gasteiger partial charge in [0.15, 0.2) is 5.82 Å². The van der Waals surface area contributed by atoms with Gasteiger partial charge in [-0.15, -0.1) is 0 Å². The number of aliphatic hydroxyl groups excluding tert-OH is 1. The highest BCUT2D eigenvalue weighted by atomic mass is 35.5. The van der Waals surface area contributed by atoms with E-state index >= 15 is 0 Å². The van der Waals surface area contributed by atoms with E-state index in [9.17, 15) is 9.90 Å². The van der Waals surface area contributed by atoms with Crippen molar-refractivity contribution in [2.24, 2.45) is 5.92 Å². The van der Waals surface area contributed by atoms with Crippen molar-refractivity contribution in [1.82, 2.24) is 15.0 Å². The lowest BCUT2D eigenvalue weighted by molar-refractivity contribution is 0.0777. The third-order valence-corrected chi connectivity index (χ3v) is 4.45. The summed E-state index contributed by atoms with van der Waals surface area (Å²) < 4.78 is 10.5. The van der Waals surface area contributed by atoms with Crippen LogP contribution in [-0.4, -0.2) is 52.9 Å². The number of hydrogen-bond acceptors (Lipinski definition) is 6. The largest absolute Gasteiger partial charge is 0.496 e. The molecule has 0 spiro atoms. The summed E-state index contributed by atoms with van der Waals surface area (Å²) in [6, 6.07) is 4.89. The zero-order valence-corrected chi connectivity index (χ0v) is 14.2. The van der Waals surface area contributed by atoms with Gasteiger partial charge in [-0.2, -0.15) is 4.98 Å². The fourth-order valence-electron chi connectivity index (χ4n) is 2.98. The zero-order chi connectivity index (χ0) is 17.3. The van der Waals surface area contributed by atoms with Crippen LogP contribution in [0, 0.1) is 12.8 Å². The topological polar surface area (TPSA) is 88.7 Å². The number of methoxy groups -OCH3 is 1. The lowest BCUT2D eigenvalue weighted by Crippen LogP contribution is -2.29. The number of hydrogen-bond donors (Lipinski definition) is 1. The average molecular weight is 352 g/mol. The number of ether oxygens (including phenoxy) is 1. The maximum absolute atomic E-state index is 12.8. The summed E-state index contributed by atoms with van der Waals surface area (Å²) >= 11 is 5.95. The number of halogens is 1. The summed E-state index contributed by atoms with van der Waals surface area (Å²) in [6.45, 7) is 2.48. The van der Waals surface area contributed by atoms with Gasteiger partial charge in [-0.1, -0.05) is 16.8 Å². The van der Waals surface area contributed by atoms with E-state index in [1.807, 2.05) is 0 Å². The van der Waals surface area contributed by atoms with E-state index in [-0.39, 0.29) is 24.3 Å². The van der Waals surface area contributed by atoms with Gasteiger partial charge < -0.3 is 19.3 Å². The number of aliphatic hydroxyl groups is 1. The molecule has 0 radical (unpaired) electrons. The average Bonchev–Trinajstić information content (AvgIpc) is 3.19. The molecule has 7 nitrogen and oxygen atoms in total. The normalized spacial score (nSPS) is 20.4. The van der Waals surface area contributed by atoms with Crippen molar-refractivity contribution in [3.63, 3.8) is 0 Å². The zero-order valence-electron chi connectivity index (χ0n) is 13.4. The number of likely N-dealkylation sites (tertiary alicyclic amines) is 1. The van der Waals surface area contributed by atoms with E-state index in [0.717, 1.165) is 0 Å². The molecular formula is C16H18ClN3O4.